The molecule has 9 nitrogen and oxygen atoms in total. The fourth-order valence-corrected chi connectivity index (χ4v) is 3.94. The van der Waals surface area contributed by atoms with Crippen LogP contribution in [0.25, 0.3) is 27.8 Å². The Bertz CT molecular complexity index is 1530. The van der Waals surface area contributed by atoms with E-state index < -0.39 is 0 Å². The molecule has 5 aromatic rings. The van der Waals surface area contributed by atoms with E-state index in [-0.39, 0.29) is 17.4 Å². The molecule has 0 spiro atoms. The SMILES string of the molecule is C[C@H](Nc1ncnc(N)c1C#N)c1cc2ncc(Cl)n2nc1-c1ccc2ccn(C)c2c1. The molecule has 0 unspecified atom stereocenters. The first-order valence-corrected chi connectivity index (χ1v) is 10.2. The Hall–Kier alpha value is -4.16. The van der Waals surface area contributed by atoms with Crippen LogP contribution in [0.5, 0.6) is 0 Å². The number of hydrogen-bond donors (Lipinski definition) is 2. The van der Waals surface area contributed by atoms with Crippen LogP contribution in [0.2, 0.25) is 5.15 Å². The summed E-state index contributed by atoms with van der Waals surface area (Å²) in [5, 5.41) is 19.1. The Labute approximate surface area is 188 Å². The summed E-state index contributed by atoms with van der Waals surface area (Å²) in [6.07, 6.45) is 4.91. The molecule has 0 saturated heterocycles. The Morgan fingerprint density at radius 3 is 2.84 bits per heavy atom. The van der Waals surface area contributed by atoms with Crippen molar-refractivity contribution in [2.24, 2.45) is 7.05 Å². The highest BCUT2D eigenvalue weighted by molar-refractivity contribution is 6.29. The van der Waals surface area contributed by atoms with Gasteiger partial charge in [-0.05, 0) is 30.5 Å². The number of aryl methyl sites for hydroxylation is 1. The molecule has 3 N–H and O–H groups in total. The summed E-state index contributed by atoms with van der Waals surface area (Å²) in [5.41, 5.74) is 10.3. The van der Waals surface area contributed by atoms with E-state index in [2.05, 4.69) is 49.1 Å². The number of nitrogens with two attached hydrogens (primary N) is 1. The van der Waals surface area contributed by atoms with Gasteiger partial charge in [0.15, 0.2) is 10.8 Å². The normalized spacial score (nSPS) is 12.2. The number of nitriles is 1. The highest BCUT2D eigenvalue weighted by Gasteiger charge is 2.20. The van der Waals surface area contributed by atoms with Crippen LogP contribution in [0.3, 0.4) is 0 Å². The summed E-state index contributed by atoms with van der Waals surface area (Å²) in [6.45, 7) is 1.96. The number of nitrogens with zero attached hydrogens (tertiary/aromatic N) is 7. The van der Waals surface area contributed by atoms with Crippen LogP contribution in [0.1, 0.15) is 24.1 Å². The van der Waals surface area contributed by atoms with Crippen LogP contribution in [0.15, 0.2) is 49.1 Å². The molecule has 158 valence electrons. The van der Waals surface area contributed by atoms with Crippen LogP contribution in [0.4, 0.5) is 11.6 Å². The van der Waals surface area contributed by atoms with Crippen LogP contribution in [-0.4, -0.2) is 29.1 Å². The number of nitrogen functional groups attached to an aromatic ring is 1. The first kappa shape index (κ1) is 19.8. The maximum absolute atomic E-state index is 9.47. The monoisotopic (exact) mass is 443 g/mol. The lowest BCUT2D eigenvalue weighted by Gasteiger charge is -2.19. The number of nitrogens with one attached hydrogen (secondary N) is 1. The molecule has 4 heterocycles. The molecule has 1 atom stereocenters. The molecule has 0 radical (unpaired) electrons. The minimum Gasteiger partial charge on any atom is -0.382 e. The number of hydrogen-bond acceptors (Lipinski definition) is 7. The van der Waals surface area contributed by atoms with Crippen molar-refractivity contribution in [1.29, 1.82) is 5.26 Å². The Kier molecular flexibility index (Phi) is 4.64. The fraction of sp³-hybridized carbons (Fsp3) is 0.136. The smallest absolute Gasteiger partial charge is 0.155 e. The summed E-state index contributed by atoms with van der Waals surface area (Å²) in [5.74, 6) is 0.484. The topological polar surface area (TPSA) is 123 Å². The van der Waals surface area contributed by atoms with Crippen molar-refractivity contribution >= 4 is 39.8 Å². The van der Waals surface area contributed by atoms with Gasteiger partial charge in [-0.15, -0.1) is 0 Å². The highest BCUT2D eigenvalue weighted by Crippen LogP contribution is 2.32. The molecule has 0 amide bonds. The Morgan fingerprint density at radius 2 is 2.03 bits per heavy atom. The van der Waals surface area contributed by atoms with Crippen LogP contribution in [0, 0.1) is 11.3 Å². The zero-order valence-electron chi connectivity index (χ0n) is 17.3. The second-order valence-corrected chi connectivity index (χ2v) is 7.85. The van der Waals surface area contributed by atoms with Crippen molar-refractivity contribution in [2.45, 2.75) is 13.0 Å². The lowest BCUT2D eigenvalue weighted by Crippen LogP contribution is -2.13. The maximum Gasteiger partial charge on any atom is 0.155 e. The molecule has 0 saturated carbocycles. The predicted octanol–water partition coefficient (Wildman–Crippen LogP) is 3.96. The van der Waals surface area contributed by atoms with Crippen molar-refractivity contribution < 1.29 is 0 Å². The molecule has 0 aliphatic carbocycles. The number of aromatic nitrogens is 6. The third-order valence-corrected chi connectivity index (χ3v) is 5.71. The third-order valence-electron chi connectivity index (χ3n) is 5.45. The van der Waals surface area contributed by atoms with E-state index in [4.69, 9.17) is 22.4 Å². The van der Waals surface area contributed by atoms with E-state index >= 15 is 0 Å². The van der Waals surface area contributed by atoms with Crippen molar-refractivity contribution in [3.05, 3.63) is 65.3 Å². The first-order valence-electron chi connectivity index (χ1n) is 9.83. The Balaban J connectivity index is 1.67. The fourth-order valence-electron chi connectivity index (χ4n) is 3.77. The van der Waals surface area contributed by atoms with Gasteiger partial charge in [-0.1, -0.05) is 23.7 Å². The zero-order chi connectivity index (χ0) is 22.4. The van der Waals surface area contributed by atoms with Crippen LogP contribution in [-0.2, 0) is 7.05 Å². The molecule has 0 bridgehead atoms. The second kappa shape index (κ2) is 7.51. The molecule has 0 fully saturated rings. The average Bonchev–Trinajstić information content (AvgIpc) is 3.35. The van der Waals surface area contributed by atoms with Gasteiger partial charge in [0.05, 0.1) is 17.9 Å². The van der Waals surface area contributed by atoms with Gasteiger partial charge in [-0.3, -0.25) is 0 Å². The van der Waals surface area contributed by atoms with E-state index in [1.165, 1.54) is 6.33 Å². The summed E-state index contributed by atoms with van der Waals surface area (Å²) in [6, 6.07) is 12.0. The van der Waals surface area contributed by atoms with Gasteiger partial charge >= 0.3 is 0 Å². The number of rotatable bonds is 4. The minimum absolute atomic E-state index is 0.125. The standard InChI is InChI=1S/C22H18ClN9/c1-12(29-22-16(9-24)21(25)27-11-28-22)15-8-19-26-10-18(23)32(19)30-20(15)14-4-3-13-5-6-31(2)17(13)7-14/h3-8,10-12H,1-2H3,(H3,25,27,28,29)/t12-/m0/s1. The number of halogens is 1. The quantitative estimate of drug-likeness (QED) is 0.431. The number of imidazole rings is 1. The molecular formula is C22H18ClN9. The molecule has 0 aliphatic heterocycles. The third kappa shape index (κ3) is 3.18. The summed E-state index contributed by atoms with van der Waals surface area (Å²) < 4.78 is 3.66. The van der Waals surface area contributed by atoms with Crippen LogP contribution < -0.4 is 11.1 Å². The van der Waals surface area contributed by atoms with Crippen molar-refractivity contribution in [2.75, 3.05) is 11.1 Å². The number of fused-ring (bicyclic) bond motifs is 2. The molecule has 5 rings (SSSR count). The molecule has 32 heavy (non-hydrogen) atoms. The van der Waals surface area contributed by atoms with Gasteiger partial charge in [0.2, 0.25) is 0 Å². The molecule has 1 aromatic carbocycles. The molecule has 0 aliphatic rings. The van der Waals surface area contributed by atoms with E-state index in [0.717, 1.165) is 27.7 Å². The van der Waals surface area contributed by atoms with Gasteiger partial charge in [0.1, 0.15) is 29.6 Å². The molecular weight excluding hydrogens is 426 g/mol. The minimum atomic E-state index is -0.275. The molecule has 10 heteroatoms. The second-order valence-electron chi connectivity index (χ2n) is 7.46. The maximum atomic E-state index is 9.47. The average molecular weight is 444 g/mol. The van der Waals surface area contributed by atoms with Gasteiger partial charge in [0.25, 0.3) is 0 Å². The van der Waals surface area contributed by atoms with Gasteiger partial charge in [-0.2, -0.15) is 10.4 Å². The van der Waals surface area contributed by atoms with E-state index in [1.54, 1.807) is 10.7 Å². The lowest BCUT2D eigenvalue weighted by atomic mass is 10.0. The summed E-state index contributed by atoms with van der Waals surface area (Å²) in [7, 11) is 2.00. The predicted molar refractivity (Wildman–Crippen MR) is 123 cm³/mol. The van der Waals surface area contributed by atoms with Crippen molar-refractivity contribution in [1.82, 2.24) is 29.1 Å². The summed E-state index contributed by atoms with van der Waals surface area (Å²) >= 11 is 6.30. The lowest BCUT2D eigenvalue weighted by molar-refractivity contribution is 0.840. The van der Waals surface area contributed by atoms with Crippen LogP contribution >= 0.6 is 11.6 Å². The van der Waals surface area contributed by atoms with Crippen molar-refractivity contribution in [3.63, 3.8) is 0 Å². The number of anilines is 2. The van der Waals surface area contributed by atoms with E-state index in [0.29, 0.717) is 16.6 Å². The van der Waals surface area contributed by atoms with Crippen molar-refractivity contribution in [3.8, 4) is 17.3 Å². The Morgan fingerprint density at radius 1 is 1.19 bits per heavy atom. The van der Waals surface area contributed by atoms with E-state index in [9.17, 15) is 5.26 Å². The number of benzene rings is 1. The highest BCUT2D eigenvalue weighted by atomic mass is 35.5. The summed E-state index contributed by atoms with van der Waals surface area (Å²) in [4.78, 5) is 12.4. The molecule has 4 aromatic heterocycles. The first-order chi connectivity index (χ1) is 15.5. The van der Waals surface area contributed by atoms with Gasteiger partial charge < -0.3 is 15.6 Å². The van der Waals surface area contributed by atoms with Gasteiger partial charge in [-0.25, -0.2) is 19.5 Å². The largest absolute Gasteiger partial charge is 0.382 e. The van der Waals surface area contributed by atoms with Gasteiger partial charge in [0, 0.05) is 29.9 Å². The van der Waals surface area contributed by atoms with E-state index in [1.807, 2.05) is 32.3 Å². The zero-order valence-corrected chi connectivity index (χ0v) is 18.0.